The molecule has 7 nitrogen and oxygen atoms in total. The first-order chi connectivity index (χ1) is 15.0. The SMILES string of the molecule is CCCC(CC)C(=O)OCCN(C)c1ccc(N=Nc2ccc(C#N)cc2C#N)cc1. The molecule has 0 saturated heterocycles. The Kier molecular flexibility index (Phi) is 9.19. The number of hydrogen-bond acceptors (Lipinski definition) is 7. The Morgan fingerprint density at radius 3 is 2.45 bits per heavy atom. The van der Waals surface area contributed by atoms with Gasteiger partial charge in [-0.3, -0.25) is 4.79 Å². The molecule has 0 spiro atoms. The molecule has 1 unspecified atom stereocenters. The van der Waals surface area contributed by atoms with Crippen molar-refractivity contribution in [1.82, 2.24) is 0 Å². The van der Waals surface area contributed by atoms with Crippen LogP contribution in [-0.4, -0.2) is 26.2 Å². The van der Waals surface area contributed by atoms with Gasteiger partial charge in [0.2, 0.25) is 0 Å². The van der Waals surface area contributed by atoms with Gasteiger partial charge in [-0.2, -0.15) is 15.6 Å². The number of rotatable bonds is 10. The van der Waals surface area contributed by atoms with Crippen molar-refractivity contribution in [3.63, 3.8) is 0 Å². The van der Waals surface area contributed by atoms with Gasteiger partial charge in [0.25, 0.3) is 0 Å². The molecule has 0 aromatic heterocycles. The first-order valence-corrected chi connectivity index (χ1v) is 10.4. The minimum atomic E-state index is -0.118. The van der Waals surface area contributed by atoms with Crippen LogP contribution in [0.15, 0.2) is 52.7 Å². The van der Waals surface area contributed by atoms with Crippen LogP contribution < -0.4 is 4.90 Å². The van der Waals surface area contributed by atoms with Crippen LogP contribution in [-0.2, 0) is 9.53 Å². The minimum absolute atomic E-state index is 0.0161. The first-order valence-electron chi connectivity index (χ1n) is 10.4. The fraction of sp³-hybridized carbons (Fsp3) is 0.375. The van der Waals surface area contributed by atoms with E-state index in [0.29, 0.717) is 35.7 Å². The second-order valence-corrected chi connectivity index (χ2v) is 7.15. The Balaban J connectivity index is 1.93. The van der Waals surface area contributed by atoms with Crippen LogP contribution >= 0.6 is 0 Å². The number of nitrogens with zero attached hydrogens (tertiary/aromatic N) is 5. The number of azo groups is 1. The summed E-state index contributed by atoms with van der Waals surface area (Å²) in [6, 6.07) is 16.2. The third-order valence-corrected chi connectivity index (χ3v) is 4.94. The number of anilines is 1. The van der Waals surface area contributed by atoms with Crippen LogP contribution in [0.25, 0.3) is 0 Å². The molecule has 7 heteroatoms. The third kappa shape index (κ3) is 6.94. The second-order valence-electron chi connectivity index (χ2n) is 7.15. The van der Waals surface area contributed by atoms with Crippen LogP contribution in [0.3, 0.4) is 0 Å². The van der Waals surface area contributed by atoms with Crippen LogP contribution in [0.2, 0.25) is 0 Å². The zero-order chi connectivity index (χ0) is 22.6. The molecule has 2 rings (SSSR count). The fourth-order valence-corrected chi connectivity index (χ4v) is 3.03. The number of likely N-dealkylation sites (N-methyl/N-ethyl adjacent to an activating group) is 1. The summed E-state index contributed by atoms with van der Waals surface area (Å²) in [4.78, 5) is 14.1. The smallest absolute Gasteiger partial charge is 0.308 e. The molecule has 0 radical (unpaired) electrons. The lowest BCUT2D eigenvalue weighted by atomic mass is 10.0. The van der Waals surface area contributed by atoms with E-state index in [1.165, 1.54) is 6.07 Å². The monoisotopic (exact) mass is 417 g/mol. The van der Waals surface area contributed by atoms with Gasteiger partial charge < -0.3 is 9.64 Å². The zero-order valence-corrected chi connectivity index (χ0v) is 18.2. The van der Waals surface area contributed by atoms with Gasteiger partial charge in [-0.05, 0) is 55.3 Å². The highest BCUT2D eigenvalue weighted by molar-refractivity contribution is 5.72. The number of carbonyl (C=O) groups excluding carboxylic acids is 1. The largest absolute Gasteiger partial charge is 0.464 e. The van der Waals surface area contributed by atoms with E-state index >= 15 is 0 Å². The normalized spacial score (nSPS) is 11.5. The van der Waals surface area contributed by atoms with Gasteiger partial charge in [0.15, 0.2) is 0 Å². The van der Waals surface area contributed by atoms with Crippen molar-refractivity contribution >= 4 is 23.0 Å². The van der Waals surface area contributed by atoms with Gasteiger partial charge in [-0.15, -0.1) is 5.11 Å². The van der Waals surface area contributed by atoms with Gasteiger partial charge in [-0.25, -0.2) is 0 Å². The van der Waals surface area contributed by atoms with Crippen molar-refractivity contribution in [1.29, 1.82) is 10.5 Å². The highest BCUT2D eigenvalue weighted by atomic mass is 16.5. The highest BCUT2D eigenvalue weighted by Gasteiger charge is 2.16. The van der Waals surface area contributed by atoms with Gasteiger partial charge in [0, 0.05) is 12.7 Å². The predicted octanol–water partition coefficient (Wildman–Crippen LogP) is 5.65. The third-order valence-electron chi connectivity index (χ3n) is 4.94. The maximum absolute atomic E-state index is 12.1. The first kappa shape index (κ1) is 23.6. The predicted molar refractivity (Wildman–Crippen MR) is 119 cm³/mol. The van der Waals surface area contributed by atoms with Crippen molar-refractivity contribution in [2.75, 3.05) is 25.1 Å². The van der Waals surface area contributed by atoms with Crippen molar-refractivity contribution in [3.05, 3.63) is 53.6 Å². The summed E-state index contributed by atoms with van der Waals surface area (Å²) in [5.74, 6) is -0.134. The molecule has 0 aliphatic rings. The molecule has 2 aromatic rings. The van der Waals surface area contributed by atoms with Crippen LogP contribution in [0.4, 0.5) is 17.1 Å². The molecule has 0 amide bonds. The van der Waals surface area contributed by atoms with Crippen LogP contribution in [0.5, 0.6) is 0 Å². The van der Waals surface area contributed by atoms with Gasteiger partial charge in [0.1, 0.15) is 18.4 Å². The Hall–Kier alpha value is -3.71. The molecule has 0 heterocycles. The van der Waals surface area contributed by atoms with E-state index < -0.39 is 0 Å². The van der Waals surface area contributed by atoms with E-state index in [1.807, 2.05) is 55.3 Å². The van der Waals surface area contributed by atoms with E-state index in [2.05, 4.69) is 17.2 Å². The quantitative estimate of drug-likeness (QED) is 0.367. The topological polar surface area (TPSA) is 102 Å². The molecule has 0 fully saturated rings. The summed E-state index contributed by atoms with van der Waals surface area (Å²) in [7, 11) is 1.93. The molecule has 31 heavy (non-hydrogen) atoms. The van der Waals surface area contributed by atoms with Crippen molar-refractivity contribution in [2.45, 2.75) is 33.1 Å². The Bertz CT molecular complexity index is 987. The number of carbonyl (C=O) groups is 1. The molecular weight excluding hydrogens is 390 g/mol. The van der Waals surface area contributed by atoms with E-state index in [-0.39, 0.29) is 11.9 Å². The highest BCUT2D eigenvalue weighted by Crippen LogP contribution is 2.24. The average molecular weight is 418 g/mol. The van der Waals surface area contributed by atoms with E-state index in [0.717, 1.165) is 24.9 Å². The lowest BCUT2D eigenvalue weighted by Crippen LogP contribution is -2.26. The van der Waals surface area contributed by atoms with Crippen LogP contribution in [0.1, 0.15) is 44.2 Å². The molecule has 0 saturated carbocycles. The Morgan fingerprint density at radius 2 is 1.84 bits per heavy atom. The fourth-order valence-electron chi connectivity index (χ4n) is 3.03. The minimum Gasteiger partial charge on any atom is -0.464 e. The maximum atomic E-state index is 12.1. The molecule has 0 bridgehead atoms. The summed E-state index contributed by atoms with van der Waals surface area (Å²) < 4.78 is 5.43. The Morgan fingerprint density at radius 1 is 1.10 bits per heavy atom. The molecule has 160 valence electrons. The number of esters is 1. The second kappa shape index (κ2) is 12.1. The van der Waals surface area contributed by atoms with Crippen molar-refractivity contribution < 1.29 is 9.53 Å². The molecular formula is C24H27N5O2. The standard InChI is InChI=1S/C24H27N5O2/c1-4-6-19(5-2)24(30)31-14-13-29(3)22-10-8-21(9-11-22)27-28-23-12-7-18(16-25)15-20(23)17-26/h7-12,15,19H,4-6,13-14H2,1-3H3. The summed E-state index contributed by atoms with van der Waals surface area (Å²) in [6.07, 6.45) is 2.64. The van der Waals surface area contributed by atoms with E-state index in [9.17, 15) is 10.1 Å². The van der Waals surface area contributed by atoms with Crippen molar-refractivity contribution in [3.8, 4) is 12.1 Å². The average Bonchev–Trinajstić information content (AvgIpc) is 2.81. The zero-order valence-electron chi connectivity index (χ0n) is 18.2. The number of benzene rings is 2. The molecule has 0 N–H and O–H groups in total. The van der Waals surface area contributed by atoms with Crippen LogP contribution in [0, 0.1) is 28.6 Å². The lowest BCUT2D eigenvalue weighted by molar-refractivity contribution is -0.148. The maximum Gasteiger partial charge on any atom is 0.308 e. The Labute approximate surface area is 183 Å². The number of ether oxygens (including phenoxy) is 1. The molecule has 0 aliphatic heterocycles. The van der Waals surface area contributed by atoms with E-state index in [4.69, 9.17) is 10.00 Å². The summed E-state index contributed by atoms with van der Waals surface area (Å²) in [6.45, 7) is 5.01. The number of hydrogen-bond donors (Lipinski definition) is 0. The molecule has 1 atom stereocenters. The van der Waals surface area contributed by atoms with Gasteiger partial charge in [-0.1, -0.05) is 20.3 Å². The van der Waals surface area contributed by atoms with E-state index in [1.54, 1.807) is 12.1 Å². The molecule has 0 aliphatic carbocycles. The van der Waals surface area contributed by atoms with Crippen molar-refractivity contribution in [2.24, 2.45) is 16.1 Å². The lowest BCUT2D eigenvalue weighted by Gasteiger charge is -2.20. The number of nitriles is 2. The summed E-state index contributed by atoms with van der Waals surface area (Å²) in [5, 5.41) is 26.4. The summed E-state index contributed by atoms with van der Waals surface area (Å²) in [5.41, 5.74) is 2.73. The van der Waals surface area contributed by atoms with Gasteiger partial charge in [0.05, 0.1) is 35.3 Å². The summed E-state index contributed by atoms with van der Waals surface area (Å²) >= 11 is 0. The van der Waals surface area contributed by atoms with Gasteiger partial charge >= 0.3 is 5.97 Å². The molecule has 2 aromatic carbocycles.